The minimum atomic E-state index is -3.68. The predicted octanol–water partition coefficient (Wildman–Crippen LogP) is 5.32. The Morgan fingerprint density at radius 3 is 2.07 bits per heavy atom. The molecular weight excluding hydrogens is 370 g/mol. The van der Waals surface area contributed by atoms with E-state index in [1.54, 1.807) is 37.4 Å². The van der Waals surface area contributed by atoms with Crippen LogP contribution in [0.4, 0.5) is 5.69 Å². The Morgan fingerprint density at radius 2 is 1.36 bits per heavy atom. The zero-order valence-electron chi connectivity index (χ0n) is 15.3. The maximum atomic E-state index is 12.8. The zero-order chi connectivity index (χ0) is 19.6. The number of hydrogen-bond acceptors (Lipinski definition) is 3. The third-order valence-corrected chi connectivity index (χ3v) is 5.95. The van der Waals surface area contributed by atoms with Crippen molar-refractivity contribution in [3.05, 3.63) is 91.0 Å². The van der Waals surface area contributed by atoms with E-state index in [1.807, 2.05) is 60.7 Å². The van der Waals surface area contributed by atoms with Crippen LogP contribution in [0.25, 0.3) is 21.9 Å². The van der Waals surface area contributed by atoms with Crippen LogP contribution in [-0.2, 0) is 10.0 Å². The second-order valence-corrected chi connectivity index (χ2v) is 8.11. The molecule has 0 fully saturated rings. The van der Waals surface area contributed by atoms with Gasteiger partial charge in [-0.25, -0.2) is 8.42 Å². The number of nitrogens with one attached hydrogen (secondary N) is 1. The summed E-state index contributed by atoms with van der Waals surface area (Å²) in [7, 11) is -2.08. The van der Waals surface area contributed by atoms with Gasteiger partial charge in [0.2, 0.25) is 0 Å². The number of fused-ring (bicyclic) bond motifs is 1. The Balaban J connectivity index is 1.59. The fraction of sp³-hybridized carbons (Fsp3) is 0.0435. The molecule has 4 rings (SSSR count). The standard InChI is InChI=1S/C23H19NO3S/c1-27-22-13-9-20-16-23(14-10-19(20)15-22)28(25,26)24-21-11-7-18(8-12-21)17-5-3-2-4-6-17/h2-16,24H,1H3. The van der Waals surface area contributed by atoms with E-state index in [9.17, 15) is 8.42 Å². The summed E-state index contributed by atoms with van der Waals surface area (Å²) in [4.78, 5) is 0.220. The van der Waals surface area contributed by atoms with Gasteiger partial charge in [0.15, 0.2) is 0 Å². The van der Waals surface area contributed by atoms with Crippen molar-refractivity contribution in [2.45, 2.75) is 4.90 Å². The molecule has 4 nitrogen and oxygen atoms in total. The highest BCUT2D eigenvalue weighted by molar-refractivity contribution is 7.92. The molecule has 28 heavy (non-hydrogen) atoms. The van der Waals surface area contributed by atoms with Crippen molar-refractivity contribution in [2.75, 3.05) is 11.8 Å². The molecule has 4 aromatic rings. The van der Waals surface area contributed by atoms with Gasteiger partial charge in [-0.3, -0.25) is 4.72 Å². The van der Waals surface area contributed by atoms with Crippen LogP contribution in [0.5, 0.6) is 5.75 Å². The Bertz CT molecular complexity index is 1220. The first-order valence-electron chi connectivity index (χ1n) is 8.81. The second-order valence-electron chi connectivity index (χ2n) is 6.42. The van der Waals surface area contributed by atoms with Crippen LogP contribution in [0.15, 0.2) is 95.9 Å². The summed E-state index contributed by atoms with van der Waals surface area (Å²) >= 11 is 0. The zero-order valence-corrected chi connectivity index (χ0v) is 16.1. The molecule has 0 radical (unpaired) electrons. The minimum Gasteiger partial charge on any atom is -0.497 e. The third kappa shape index (κ3) is 3.70. The lowest BCUT2D eigenvalue weighted by Crippen LogP contribution is -2.12. The first-order chi connectivity index (χ1) is 13.5. The van der Waals surface area contributed by atoms with Crippen molar-refractivity contribution in [3.63, 3.8) is 0 Å². The van der Waals surface area contributed by atoms with Crippen molar-refractivity contribution in [2.24, 2.45) is 0 Å². The fourth-order valence-electron chi connectivity index (χ4n) is 3.07. The first-order valence-corrected chi connectivity index (χ1v) is 10.3. The van der Waals surface area contributed by atoms with Gasteiger partial charge in [0.25, 0.3) is 10.0 Å². The van der Waals surface area contributed by atoms with Crippen molar-refractivity contribution < 1.29 is 13.2 Å². The van der Waals surface area contributed by atoms with Crippen LogP contribution in [0.1, 0.15) is 0 Å². The quantitative estimate of drug-likeness (QED) is 0.503. The van der Waals surface area contributed by atoms with Gasteiger partial charge in [-0.1, -0.05) is 54.6 Å². The van der Waals surface area contributed by atoms with Crippen molar-refractivity contribution in [1.82, 2.24) is 0 Å². The molecule has 0 amide bonds. The average molecular weight is 389 g/mol. The molecule has 0 unspecified atom stereocenters. The summed E-state index contributed by atoms with van der Waals surface area (Å²) in [6.07, 6.45) is 0. The van der Waals surface area contributed by atoms with Crippen LogP contribution in [0.3, 0.4) is 0 Å². The highest BCUT2D eigenvalue weighted by Crippen LogP contribution is 2.26. The van der Waals surface area contributed by atoms with E-state index in [0.717, 1.165) is 27.6 Å². The summed E-state index contributed by atoms with van der Waals surface area (Å²) in [5.74, 6) is 0.736. The van der Waals surface area contributed by atoms with Crippen molar-refractivity contribution >= 4 is 26.5 Å². The Labute approximate surface area is 164 Å². The number of methoxy groups -OCH3 is 1. The van der Waals surface area contributed by atoms with Crippen LogP contribution in [-0.4, -0.2) is 15.5 Å². The van der Waals surface area contributed by atoms with E-state index >= 15 is 0 Å². The summed E-state index contributed by atoms with van der Waals surface area (Å²) in [5.41, 5.74) is 2.64. The summed E-state index contributed by atoms with van der Waals surface area (Å²) < 4.78 is 33.4. The van der Waals surface area contributed by atoms with Gasteiger partial charge in [0.1, 0.15) is 5.75 Å². The molecule has 0 heterocycles. The molecule has 0 saturated carbocycles. The van der Waals surface area contributed by atoms with E-state index in [-0.39, 0.29) is 4.90 Å². The minimum absolute atomic E-state index is 0.220. The van der Waals surface area contributed by atoms with Crippen LogP contribution >= 0.6 is 0 Å². The SMILES string of the molecule is COc1ccc2cc(S(=O)(=O)Nc3ccc(-c4ccccc4)cc3)ccc2c1. The smallest absolute Gasteiger partial charge is 0.261 e. The molecule has 1 N–H and O–H groups in total. The molecule has 0 aromatic heterocycles. The molecule has 0 spiro atoms. The molecular formula is C23H19NO3S. The van der Waals surface area contributed by atoms with Crippen molar-refractivity contribution in [3.8, 4) is 16.9 Å². The summed E-state index contributed by atoms with van der Waals surface area (Å²) in [5, 5.41) is 1.76. The van der Waals surface area contributed by atoms with E-state index in [4.69, 9.17) is 4.74 Å². The molecule has 4 aromatic carbocycles. The van der Waals surface area contributed by atoms with Crippen molar-refractivity contribution in [1.29, 1.82) is 0 Å². The van der Waals surface area contributed by atoms with Gasteiger partial charge in [-0.15, -0.1) is 0 Å². The normalized spacial score (nSPS) is 11.3. The molecule has 0 aliphatic carbocycles. The maximum absolute atomic E-state index is 12.8. The summed E-state index contributed by atoms with van der Waals surface area (Å²) in [6, 6.07) is 27.9. The topological polar surface area (TPSA) is 55.4 Å². The lowest BCUT2D eigenvalue weighted by molar-refractivity contribution is 0.415. The monoisotopic (exact) mass is 389 g/mol. The van der Waals surface area contributed by atoms with Crippen LogP contribution in [0.2, 0.25) is 0 Å². The highest BCUT2D eigenvalue weighted by Gasteiger charge is 2.15. The lowest BCUT2D eigenvalue weighted by Gasteiger charge is -2.10. The number of ether oxygens (including phenoxy) is 1. The van der Waals surface area contributed by atoms with Gasteiger partial charge in [-0.2, -0.15) is 0 Å². The molecule has 140 valence electrons. The molecule has 5 heteroatoms. The molecule has 0 bridgehead atoms. The Morgan fingerprint density at radius 1 is 0.714 bits per heavy atom. The lowest BCUT2D eigenvalue weighted by atomic mass is 10.1. The van der Waals surface area contributed by atoms with Crippen LogP contribution in [0, 0.1) is 0 Å². The number of rotatable bonds is 5. The van der Waals surface area contributed by atoms with Gasteiger partial charge in [0, 0.05) is 5.69 Å². The molecule has 0 aliphatic rings. The first kappa shape index (κ1) is 18.1. The highest BCUT2D eigenvalue weighted by atomic mass is 32.2. The average Bonchev–Trinajstić information content (AvgIpc) is 2.74. The molecule has 0 saturated heterocycles. The third-order valence-electron chi connectivity index (χ3n) is 4.57. The van der Waals surface area contributed by atoms with E-state index in [1.165, 1.54) is 0 Å². The fourth-order valence-corrected chi connectivity index (χ4v) is 4.16. The van der Waals surface area contributed by atoms with E-state index in [2.05, 4.69) is 4.72 Å². The van der Waals surface area contributed by atoms with Gasteiger partial charge >= 0.3 is 0 Å². The predicted molar refractivity (Wildman–Crippen MR) is 113 cm³/mol. The van der Waals surface area contributed by atoms with Crippen LogP contribution < -0.4 is 9.46 Å². The second kappa shape index (κ2) is 7.37. The Kier molecular flexibility index (Phi) is 4.75. The van der Waals surface area contributed by atoms with Gasteiger partial charge in [-0.05, 0) is 58.3 Å². The Hall–Kier alpha value is -3.31. The molecule has 0 atom stereocenters. The maximum Gasteiger partial charge on any atom is 0.261 e. The largest absolute Gasteiger partial charge is 0.497 e. The van der Waals surface area contributed by atoms with E-state index < -0.39 is 10.0 Å². The summed E-state index contributed by atoms with van der Waals surface area (Å²) in [6.45, 7) is 0. The van der Waals surface area contributed by atoms with Gasteiger partial charge in [0.05, 0.1) is 12.0 Å². The number of anilines is 1. The number of benzene rings is 4. The van der Waals surface area contributed by atoms with Gasteiger partial charge < -0.3 is 4.74 Å². The van der Waals surface area contributed by atoms with E-state index in [0.29, 0.717) is 5.69 Å². The number of hydrogen-bond donors (Lipinski definition) is 1. The molecule has 0 aliphatic heterocycles. The number of sulfonamides is 1.